The smallest absolute Gasteiger partial charge is 0.317 e. The van der Waals surface area contributed by atoms with Crippen molar-refractivity contribution < 1.29 is 14.7 Å². The zero-order valence-electron chi connectivity index (χ0n) is 14.7. The summed E-state index contributed by atoms with van der Waals surface area (Å²) in [6.45, 7) is 6.29. The van der Waals surface area contributed by atoms with Gasteiger partial charge in [0.15, 0.2) is 0 Å². The normalized spacial score (nSPS) is 13.0. The van der Waals surface area contributed by atoms with Crippen LogP contribution in [0.3, 0.4) is 0 Å². The Morgan fingerprint density at radius 1 is 1.17 bits per heavy atom. The van der Waals surface area contributed by atoms with Gasteiger partial charge < -0.3 is 10.4 Å². The van der Waals surface area contributed by atoms with E-state index >= 15 is 0 Å². The lowest BCUT2D eigenvalue weighted by atomic mass is 10.0. The van der Waals surface area contributed by atoms with E-state index in [1.807, 2.05) is 37.3 Å². The summed E-state index contributed by atoms with van der Waals surface area (Å²) < 4.78 is 0. The van der Waals surface area contributed by atoms with Crippen LogP contribution in [0.1, 0.15) is 51.6 Å². The standard InChI is InChI=1S/C18H28N2O3.ClH/c1-4-9-16(15-10-7-6-8-11-15)19-18(23)14(3)20(12-5-2)13-17(21)22;/h6-8,10-11,14,16H,4-5,9,12-13H2,1-3H3,(H,19,23)(H,21,22);1H. The van der Waals surface area contributed by atoms with Gasteiger partial charge in [0, 0.05) is 0 Å². The first-order valence-corrected chi connectivity index (χ1v) is 8.30. The maximum absolute atomic E-state index is 12.6. The maximum Gasteiger partial charge on any atom is 0.317 e. The van der Waals surface area contributed by atoms with Crippen LogP contribution in [0, 0.1) is 0 Å². The van der Waals surface area contributed by atoms with Crippen molar-refractivity contribution in [1.82, 2.24) is 10.2 Å². The van der Waals surface area contributed by atoms with Crippen molar-refractivity contribution >= 4 is 24.3 Å². The van der Waals surface area contributed by atoms with Gasteiger partial charge in [-0.05, 0) is 31.9 Å². The summed E-state index contributed by atoms with van der Waals surface area (Å²) in [5, 5.41) is 12.1. The fourth-order valence-electron chi connectivity index (χ4n) is 2.62. The molecule has 5 nitrogen and oxygen atoms in total. The number of amides is 1. The number of carboxylic acid groups (broad SMARTS) is 1. The fraction of sp³-hybridized carbons (Fsp3) is 0.556. The zero-order chi connectivity index (χ0) is 17.2. The van der Waals surface area contributed by atoms with Crippen molar-refractivity contribution in [1.29, 1.82) is 0 Å². The Morgan fingerprint density at radius 3 is 2.29 bits per heavy atom. The predicted molar refractivity (Wildman–Crippen MR) is 98.4 cm³/mol. The van der Waals surface area contributed by atoms with Gasteiger partial charge in [-0.25, -0.2) is 0 Å². The molecule has 0 heterocycles. The van der Waals surface area contributed by atoms with E-state index in [-0.39, 0.29) is 30.9 Å². The molecule has 1 rings (SSSR count). The molecule has 0 radical (unpaired) electrons. The predicted octanol–water partition coefficient (Wildman–Crippen LogP) is 3.25. The molecule has 0 bridgehead atoms. The first-order chi connectivity index (χ1) is 11.0. The molecule has 0 aromatic heterocycles. The summed E-state index contributed by atoms with van der Waals surface area (Å²) in [4.78, 5) is 25.2. The summed E-state index contributed by atoms with van der Waals surface area (Å²) in [7, 11) is 0. The minimum absolute atomic E-state index is 0. The molecule has 2 unspecified atom stereocenters. The molecule has 0 fully saturated rings. The molecule has 0 aliphatic carbocycles. The lowest BCUT2D eigenvalue weighted by Gasteiger charge is -2.28. The van der Waals surface area contributed by atoms with Gasteiger partial charge in [-0.2, -0.15) is 0 Å². The maximum atomic E-state index is 12.6. The third kappa shape index (κ3) is 7.32. The fourth-order valence-corrected chi connectivity index (χ4v) is 2.62. The molecular formula is C18H29ClN2O3. The van der Waals surface area contributed by atoms with E-state index in [4.69, 9.17) is 5.11 Å². The molecule has 0 saturated heterocycles. The summed E-state index contributed by atoms with van der Waals surface area (Å²) in [5.74, 6) is -1.03. The lowest BCUT2D eigenvalue weighted by Crippen LogP contribution is -2.48. The van der Waals surface area contributed by atoms with Crippen molar-refractivity contribution in [3.05, 3.63) is 35.9 Å². The number of hydrogen-bond acceptors (Lipinski definition) is 3. The molecule has 136 valence electrons. The average molecular weight is 357 g/mol. The number of carbonyl (C=O) groups is 2. The van der Waals surface area contributed by atoms with Crippen molar-refractivity contribution in [3.63, 3.8) is 0 Å². The molecule has 1 amide bonds. The van der Waals surface area contributed by atoms with Gasteiger partial charge in [-0.15, -0.1) is 12.4 Å². The third-order valence-corrected chi connectivity index (χ3v) is 3.87. The van der Waals surface area contributed by atoms with Gasteiger partial charge in [0.05, 0.1) is 18.6 Å². The Hall–Kier alpha value is -1.59. The number of benzene rings is 1. The van der Waals surface area contributed by atoms with Crippen LogP contribution < -0.4 is 5.32 Å². The molecule has 2 atom stereocenters. The first-order valence-electron chi connectivity index (χ1n) is 8.30. The van der Waals surface area contributed by atoms with E-state index in [1.54, 1.807) is 11.8 Å². The highest BCUT2D eigenvalue weighted by molar-refractivity contribution is 5.85. The Labute approximate surface area is 150 Å². The van der Waals surface area contributed by atoms with Crippen LogP contribution in [0.4, 0.5) is 0 Å². The largest absolute Gasteiger partial charge is 0.480 e. The molecule has 0 aliphatic rings. The minimum Gasteiger partial charge on any atom is -0.480 e. The summed E-state index contributed by atoms with van der Waals surface area (Å²) in [5.41, 5.74) is 1.08. The van der Waals surface area contributed by atoms with Crippen LogP contribution >= 0.6 is 12.4 Å². The second-order valence-electron chi connectivity index (χ2n) is 5.80. The van der Waals surface area contributed by atoms with Gasteiger partial charge in [0.1, 0.15) is 0 Å². The summed E-state index contributed by atoms with van der Waals surface area (Å²) >= 11 is 0. The van der Waals surface area contributed by atoms with E-state index in [0.29, 0.717) is 6.54 Å². The van der Waals surface area contributed by atoms with Crippen molar-refractivity contribution in [2.24, 2.45) is 0 Å². The molecule has 1 aromatic rings. The number of nitrogens with zero attached hydrogens (tertiary/aromatic N) is 1. The van der Waals surface area contributed by atoms with E-state index in [2.05, 4.69) is 12.2 Å². The van der Waals surface area contributed by atoms with Gasteiger partial charge in [-0.1, -0.05) is 50.6 Å². The van der Waals surface area contributed by atoms with E-state index < -0.39 is 12.0 Å². The van der Waals surface area contributed by atoms with E-state index in [9.17, 15) is 9.59 Å². The highest BCUT2D eigenvalue weighted by Gasteiger charge is 2.24. The molecule has 0 aliphatic heterocycles. The number of hydrogen-bond donors (Lipinski definition) is 2. The number of carboxylic acids is 1. The number of aliphatic carboxylic acids is 1. The molecule has 0 saturated carbocycles. The monoisotopic (exact) mass is 356 g/mol. The number of halogens is 1. The molecule has 1 aromatic carbocycles. The first kappa shape index (κ1) is 22.4. The van der Waals surface area contributed by atoms with Crippen LogP contribution in [-0.2, 0) is 9.59 Å². The van der Waals surface area contributed by atoms with Crippen LogP contribution in [0.25, 0.3) is 0 Å². The third-order valence-electron chi connectivity index (χ3n) is 3.87. The average Bonchev–Trinajstić information content (AvgIpc) is 2.53. The molecule has 2 N–H and O–H groups in total. The Bertz CT molecular complexity index is 496. The van der Waals surface area contributed by atoms with Crippen LogP contribution in [-0.4, -0.2) is 41.0 Å². The quantitative estimate of drug-likeness (QED) is 0.675. The molecule has 24 heavy (non-hydrogen) atoms. The second-order valence-corrected chi connectivity index (χ2v) is 5.80. The highest BCUT2D eigenvalue weighted by atomic mass is 35.5. The minimum atomic E-state index is -0.911. The Morgan fingerprint density at radius 2 is 1.79 bits per heavy atom. The Balaban J connectivity index is 0.00000529. The Kier molecular flexibility index (Phi) is 11.1. The van der Waals surface area contributed by atoms with Crippen molar-refractivity contribution in [2.75, 3.05) is 13.1 Å². The van der Waals surface area contributed by atoms with Gasteiger partial charge in [0.2, 0.25) is 5.91 Å². The lowest BCUT2D eigenvalue weighted by molar-refractivity contribution is -0.140. The molecular weight excluding hydrogens is 328 g/mol. The van der Waals surface area contributed by atoms with E-state index in [0.717, 1.165) is 24.8 Å². The van der Waals surface area contributed by atoms with Crippen LogP contribution in [0.2, 0.25) is 0 Å². The zero-order valence-corrected chi connectivity index (χ0v) is 15.5. The van der Waals surface area contributed by atoms with Gasteiger partial charge in [-0.3, -0.25) is 14.5 Å². The van der Waals surface area contributed by atoms with Crippen molar-refractivity contribution in [2.45, 2.75) is 52.1 Å². The van der Waals surface area contributed by atoms with Crippen LogP contribution in [0.15, 0.2) is 30.3 Å². The van der Waals surface area contributed by atoms with Gasteiger partial charge in [0.25, 0.3) is 0 Å². The topological polar surface area (TPSA) is 69.6 Å². The number of carbonyl (C=O) groups excluding carboxylic acids is 1. The van der Waals surface area contributed by atoms with Crippen LogP contribution in [0.5, 0.6) is 0 Å². The molecule has 0 spiro atoms. The second kappa shape index (κ2) is 11.9. The SMILES string of the molecule is CCCC(NC(=O)C(C)N(CCC)CC(=O)O)c1ccccc1.Cl. The summed E-state index contributed by atoms with van der Waals surface area (Å²) in [6.07, 6.45) is 2.62. The highest BCUT2D eigenvalue weighted by Crippen LogP contribution is 2.18. The molecule has 6 heteroatoms. The number of nitrogens with one attached hydrogen (secondary N) is 1. The van der Waals surface area contributed by atoms with Gasteiger partial charge >= 0.3 is 5.97 Å². The summed E-state index contributed by atoms with van der Waals surface area (Å²) in [6, 6.07) is 9.38. The van der Waals surface area contributed by atoms with E-state index in [1.165, 1.54) is 0 Å². The van der Waals surface area contributed by atoms with Crippen molar-refractivity contribution in [3.8, 4) is 0 Å². The number of rotatable bonds is 10.